The summed E-state index contributed by atoms with van der Waals surface area (Å²) >= 11 is 5.23. The Kier molecular flexibility index (Phi) is 4.06. The molecule has 110 valence electrons. The molecule has 0 saturated carbocycles. The van der Waals surface area contributed by atoms with E-state index in [1.807, 2.05) is 36.4 Å². The zero-order valence-electron chi connectivity index (χ0n) is 11.8. The van der Waals surface area contributed by atoms with Crippen LogP contribution in [0.1, 0.15) is 5.56 Å². The molecule has 0 spiro atoms. The van der Waals surface area contributed by atoms with E-state index in [9.17, 15) is 0 Å². The first-order valence-corrected chi connectivity index (χ1v) is 6.95. The first-order chi connectivity index (χ1) is 10.8. The fraction of sp³-hybridized carbons (Fsp3) is 0.0667. The molecule has 0 fully saturated rings. The predicted octanol–water partition coefficient (Wildman–Crippen LogP) is 2.89. The van der Waals surface area contributed by atoms with E-state index in [0.717, 1.165) is 16.9 Å². The van der Waals surface area contributed by atoms with Crippen LogP contribution in [0.2, 0.25) is 0 Å². The number of hydrogen-bond donors (Lipinski definition) is 1. The molecule has 6 nitrogen and oxygen atoms in total. The molecule has 0 aliphatic rings. The van der Waals surface area contributed by atoms with Crippen LogP contribution in [-0.2, 0) is 0 Å². The zero-order valence-corrected chi connectivity index (χ0v) is 12.6. The molecule has 22 heavy (non-hydrogen) atoms. The maximum atomic E-state index is 5.23. The van der Waals surface area contributed by atoms with Gasteiger partial charge in [-0.1, -0.05) is 12.1 Å². The summed E-state index contributed by atoms with van der Waals surface area (Å²) in [6, 6.07) is 11.3. The molecular formula is C15H13N5OS. The standard InChI is InChI=1S/C15H13N5OS/c1-21-13-4-2-3-11(9-13)10-17-20-14(18-19-15(20)22)12-5-7-16-8-6-12/h2-10H,1H3,(H,19,22)/b17-10+. The van der Waals surface area contributed by atoms with Gasteiger partial charge in [0.1, 0.15) is 5.75 Å². The third-order valence-corrected chi connectivity index (χ3v) is 3.27. The Morgan fingerprint density at radius 1 is 1.27 bits per heavy atom. The summed E-state index contributed by atoms with van der Waals surface area (Å²) in [6.07, 6.45) is 5.10. The molecule has 3 aromatic rings. The SMILES string of the molecule is COc1cccc(/C=N/n2c(-c3ccncc3)n[nH]c2=S)c1. The minimum Gasteiger partial charge on any atom is -0.497 e. The Morgan fingerprint density at radius 2 is 2.09 bits per heavy atom. The summed E-state index contributed by atoms with van der Waals surface area (Å²) < 4.78 is 7.19. The molecule has 1 aromatic carbocycles. The maximum absolute atomic E-state index is 5.23. The fourth-order valence-electron chi connectivity index (χ4n) is 1.93. The Labute approximate surface area is 132 Å². The van der Waals surface area contributed by atoms with Crippen molar-refractivity contribution in [1.29, 1.82) is 0 Å². The molecule has 1 N–H and O–H groups in total. The highest BCUT2D eigenvalue weighted by atomic mass is 32.1. The second-order valence-electron chi connectivity index (χ2n) is 4.42. The quantitative estimate of drug-likeness (QED) is 0.594. The number of aromatic amines is 1. The average Bonchev–Trinajstić information content (AvgIpc) is 2.95. The van der Waals surface area contributed by atoms with E-state index in [2.05, 4.69) is 20.3 Å². The second kappa shape index (κ2) is 6.31. The van der Waals surface area contributed by atoms with Crippen LogP contribution in [0.4, 0.5) is 0 Å². The van der Waals surface area contributed by atoms with Crippen molar-refractivity contribution in [3.05, 3.63) is 59.1 Å². The smallest absolute Gasteiger partial charge is 0.216 e. The topological polar surface area (TPSA) is 68.1 Å². The largest absolute Gasteiger partial charge is 0.497 e. The van der Waals surface area contributed by atoms with Crippen molar-refractivity contribution in [3.63, 3.8) is 0 Å². The molecule has 0 saturated heterocycles. The van der Waals surface area contributed by atoms with Crippen molar-refractivity contribution in [2.24, 2.45) is 5.10 Å². The number of methoxy groups -OCH3 is 1. The van der Waals surface area contributed by atoms with Crippen molar-refractivity contribution in [2.45, 2.75) is 0 Å². The highest BCUT2D eigenvalue weighted by molar-refractivity contribution is 7.71. The van der Waals surface area contributed by atoms with Crippen molar-refractivity contribution in [2.75, 3.05) is 7.11 Å². The predicted molar refractivity (Wildman–Crippen MR) is 86.6 cm³/mol. The normalized spacial score (nSPS) is 11.0. The molecule has 0 aliphatic heterocycles. The van der Waals surface area contributed by atoms with Crippen molar-refractivity contribution >= 4 is 18.4 Å². The van der Waals surface area contributed by atoms with E-state index >= 15 is 0 Å². The van der Waals surface area contributed by atoms with Crippen LogP contribution >= 0.6 is 12.2 Å². The van der Waals surface area contributed by atoms with Crippen LogP contribution in [0.15, 0.2) is 53.9 Å². The lowest BCUT2D eigenvalue weighted by Gasteiger charge is -2.01. The molecule has 3 rings (SSSR count). The van der Waals surface area contributed by atoms with Gasteiger partial charge in [-0.2, -0.15) is 14.9 Å². The summed E-state index contributed by atoms with van der Waals surface area (Å²) in [7, 11) is 1.63. The molecule has 7 heteroatoms. The van der Waals surface area contributed by atoms with Gasteiger partial charge in [0.2, 0.25) is 4.77 Å². The number of rotatable bonds is 4. The van der Waals surface area contributed by atoms with Crippen LogP contribution in [-0.4, -0.2) is 33.2 Å². The Balaban J connectivity index is 1.97. The van der Waals surface area contributed by atoms with Gasteiger partial charge >= 0.3 is 0 Å². The fourth-order valence-corrected chi connectivity index (χ4v) is 2.11. The number of hydrogen-bond acceptors (Lipinski definition) is 5. The van der Waals surface area contributed by atoms with Gasteiger partial charge in [-0.25, -0.2) is 5.10 Å². The molecule has 0 unspecified atom stereocenters. The van der Waals surface area contributed by atoms with E-state index in [4.69, 9.17) is 17.0 Å². The lowest BCUT2D eigenvalue weighted by Crippen LogP contribution is -1.95. The van der Waals surface area contributed by atoms with E-state index in [1.165, 1.54) is 0 Å². The molecule has 0 aliphatic carbocycles. The molecule has 0 atom stereocenters. The first-order valence-electron chi connectivity index (χ1n) is 6.54. The van der Waals surface area contributed by atoms with E-state index in [0.29, 0.717) is 10.6 Å². The number of ether oxygens (including phenoxy) is 1. The molecule has 2 heterocycles. The number of nitrogens with one attached hydrogen (secondary N) is 1. The average molecular weight is 311 g/mol. The molecule has 0 amide bonds. The lowest BCUT2D eigenvalue weighted by atomic mass is 10.2. The number of benzene rings is 1. The Bertz CT molecular complexity index is 854. The van der Waals surface area contributed by atoms with Crippen LogP contribution in [0.3, 0.4) is 0 Å². The van der Waals surface area contributed by atoms with Gasteiger partial charge in [-0.3, -0.25) is 4.98 Å². The number of pyridine rings is 1. The van der Waals surface area contributed by atoms with Crippen LogP contribution in [0, 0.1) is 4.77 Å². The second-order valence-corrected chi connectivity index (χ2v) is 4.81. The van der Waals surface area contributed by atoms with Crippen LogP contribution < -0.4 is 4.74 Å². The molecular weight excluding hydrogens is 298 g/mol. The Hall–Kier alpha value is -2.80. The van der Waals surface area contributed by atoms with Gasteiger partial charge in [-0.15, -0.1) is 0 Å². The summed E-state index contributed by atoms with van der Waals surface area (Å²) in [4.78, 5) is 3.99. The van der Waals surface area contributed by atoms with E-state index in [-0.39, 0.29) is 0 Å². The lowest BCUT2D eigenvalue weighted by molar-refractivity contribution is 0.415. The highest BCUT2D eigenvalue weighted by Gasteiger charge is 2.07. The van der Waals surface area contributed by atoms with Crippen molar-refractivity contribution < 1.29 is 4.74 Å². The highest BCUT2D eigenvalue weighted by Crippen LogP contribution is 2.16. The summed E-state index contributed by atoms with van der Waals surface area (Å²) in [5, 5.41) is 11.4. The minimum absolute atomic E-state index is 0.422. The van der Waals surface area contributed by atoms with Gasteiger partial charge in [0.15, 0.2) is 5.82 Å². The van der Waals surface area contributed by atoms with Gasteiger partial charge in [0.25, 0.3) is 0 Å². The number of H-pyrrole nitrogens is 1. The maximum Gasteiger partial charge on any atom is 0.216 e. The molecule has 0 bridgehead atoms. The minimum atomic E-state index is 0.422. The molecule has 2 aromatic heterocycles. The molecule has 0 radical (unpaired) electrons. The van der Waals surface area contributed by atoms with Crippen LogP contribution in [0.5, 0.6) is 5.75 Å². The zero-order chi connectivity index (χ0) is 15.4. The number of nitrogens with zero attached hydrogens (tertiary/aromatic N) is 4. The van der Waals surface area contributed by atoms with Crippen molar-refractivity contribution in [1.82, 2.24) is 19.9 Å². The van der Waals surface area contributed by atoms with Gasteiger partial charge in [0, 0.05) is 18.0 Å². The van der Waals surface area contributed by atoms with E-state index < -0.39 is 0 Å². The first kappa shape index (κ1) is 14.2. The van der Waals surface area contributed by atoms with Crippen LogP contribution in [0.25, 0.3) is 11.4 Å². The summed E-state index contributed by atoms with van der Waals surface area (Å²) in [5.74, 6) is 1.40. The van der Waals surface area contributed by atoms with E-state index in [1.54, 1.807) is 30.4 Å². The Morgan fingerprint density at radius 3 is 2.86 bits per heavy atom. The summed E-state index contributed by atoms with van der Waals surface area (Å²) in [5.41, 5.74) is 1.79. The van der Waals surface area contributed by atoms with Gasteiger partial charge in [-0.05, 0) is 42.0 Å². The number of aromatic nitrogens is 4. The van der Waals surface area contributed by atoms with Gasteiger partial charge < -0.3 is 4.74 Å². The third kappa shape index (κ3) is 2.94. The van der Waals surface area contributed by atoms with Crippen molar-refractivity contribution in [3.8, 4) is 17.1 Å². The summed E-state index contributed by atoms with van der Waals surface area (Å²) in [6.45, 7) is 0. The monoisotopic (exact) mass is 311 g/mol. The third-order valence-electron chi connectivity index (χ3n) is 3.01. The van der Waals surface area contributed by atoms with Gasteiger partial charge in [0.05, 0.1) is 13.3 Å².